The molecule has 0 radical (unpaired) electrons. The van der Waals surface area contributed by atoms with Crippen molar-refractivity contribution in [3.8, 4) is 5.75 Å². The number of carbonyl (C=O) groups excluding carboxylic acids is 1. The third-order valence-electron chi connectivity index (χ3n) is 2.35. The minimum atomic E-state index is -0.594. The quantitative estimate of drug-likeness (QED) is 0.855. The Balaban J connectivity index is 1.97. The number of amides is 1. The molecule has 0 aliphatic rings. The van der Waals surface area contributed by atoms with Crippen LogP contribution >= 0.6 is 0 Å². The third kappa shape index (κ3) is 3.04. The lowest BCUT2D eigenvalue weighted by Gasteiger charge is -2.08. The van der Waals surface area contributed by atoms with Gasteiger partial charge in [0.15, 0.2) is 11.4 Å². The van der Waals surface area contributed by atoms with Crippen molar-refractivity contribution < 1.29 is 9.53 Å². The number of aromatic nitrogens is 2. The van der Waals surface area contributed by atoms with Gasteiger partial charge in [-0.2, -0.15) is 0 Å². The Morgan fingerprint density at radius 3 is 2.72 bits per heavy atom. The van der Waals surface area contributed by atoms with Gasteiger partial charge in [-0.1, -0.05) is 6.07 Å². The molecule has 0 fully saturated rings. The minimum absolute atomic E-state index is 0.151. The summed E-state index contributed by atoms with van der Waals surface area (Å²) in [6.07, 6.45) is 3.90. The highest BCUT2D eigenvalue weighted by atomic mass is 16.5. The molecule has 0 aromatic carbocycles. The van der Waals surface area contributed by atoms with Crippen LogP contribution in [-0.2, 0) is 6.42 Å². The first kappa shape index (κ1) is 12.0. The van der Waals surface area contributed by atoms with E-state index in [-0.39, 0.29) is 5.69 Å². The fraction of sp³-hybridized carbons (Fsp3) is 0.154. The summed E-state index contributed by atoms with van der Waals surface area (Å²) in [6, 6.07) is 9.06. The van der Waals surface area contributed by atoms with E-state index < -0.39 is 5.91 Å². The van der Waals surface area contributed by atoms with Gasteiger partial charge in [0.05, 0.1) is 6.61 Å². The number of carbonyl (C=O) groups is 1. The lowest BCUT2D eigenvalue weighted by molar-refractivity contribution is 0.0991. The SMILES string of the molecule is NC(=O)c1ncccc1OCCc1ccccn1. The van der Waals surface area contributed by atoms with Crippen LogP contribution in [-0.4, -0.2) is 22.5 Å². The van der Waals surface area contributed by atoms with Gasteiger partial charge in [0.1, 0.15) is 0 Å². The number of nitrogens with zero attached hydrogens (tertiary/aromatic N) is 2. The van der Waals surface area contributed by atoms with Crippen LogP contribution in [0.5, 0.6) is 5.75 Å². The molecule has 5 heteroatoms. The molecule has 0 bridgehead atoms. The molecule has 0 unspecified atom stereocenters. The lowest BCUT2D eigenvalue weighted by Crippen LogP contribution is -2.15. The van der Waals surface area contributed by atoms with Crippen molar-refractivity contribution in [1.82, 2.24) is 9.97 Å². The Hall–Kier alpha value is -2.43. The second-order valence-electron chi connectivity index (χ2n) is 3.63. The Morgan fingerprint density at radius 1 is 1.17 bits per heavy atom. The van der Waals surface area contributed by atoms with E-state index in [0.717, 1.165) is 5.69 Å². The highest BCUT2D eigenvalue weighted by Gasteiger charge is 2.09. The van der Waals surface area contributed by atoms with E-state index >= 15 is 0 Å². The summed E-state index contributed by atoms with van der Waals surface area (Å²) in [5.41, 5.74) is 6.29. The molecular formula is C13H13N3O2. The molecule has 2 aromatic heterocycles. The predicted octanol–water partition coefficient (Wildman–Crippen LogP) is 1.20. The smallest absolute Gasteiger partial charge is 0.271 e. The maximum atomic E-state index is 11.1. The maximum absolute atomic E-state index is 11.1. The topological polar surface area (TPSA) is 78.1 Å². The summed E-state index contributed by atoms with van der Waals surface area (Å²) in [7, 11) is 0. The Labute approximate surface area is 105 Å². The normalized spacial score (nSPS) is 10.0. The zero-order chi connectivity index (χ0) is 12.8. The molecule has 0 spiro atoms. The number of rotatable bonds is 5. The van der Waals surface area contributed by atoms with Crippen LogP contribution in [0.1, 0.15) is 16.2 Å². The highest BCUT2D eigenvalue weighted by Crippen LogP contribution is 2.14. The average molecular weight is 243 g/mol. The Bertz CT molecular complexity index is 529. The summed E-state index contributed by atoms with van der Waals surface area (Å²) in [5.74, 6) is -0.190. The third-order valence-corrected chi connectivity index (χ3v) is 2.35. The fourth-order valence-electron chi connectivity index (χ4n) is 1.50. The summed E-state index contributed by atoms with van der Waals surface area (Å²) in [6.45, 7) is 0.420. The van der Waals surface area contributed by atoms with Gasteiger partial charge in [-0.15, -0.1) is 0 Å². The summed E-state index contributed by atoms with van der Waals surface area (Å²) in [5, 5.41) is 0. The predicted molar refractivity (Wildman–Crippen MR) is 66.2 cm³/mol. The van der Waals surface area contributed by atoms with Crippen molar-refractivity contribution in [2.24, 2.45) is 5.73 Å². The number of hydrogen-bond acceptors (Lipinski definition) is 4. The van der Waals surface area contributed by atoms with Crippen LogP contribution < -0.4 is 10.5 Å². The highest BCUT2D eigenvalue weighted by molar-refractivity contribution is 5.93. The summed E-state index contributed by atoms with van der Waals surface area (Å²) >= 11 is 0. The largest absolute Gasteiger partial charge is 0.491 e. The number of primary amides is 1. The number of ether oxygens (including phenoxy) is 1. The van der Waals surface area contributed by atoms with E-state index in [2.05, 4.69) is 9.97 Å². The average Bonchev–Trinajstić information content (AvgIpc) is 2.40. The fourth-order valence-corrected chi connectivity index (χ4v) is 1.50. The van der Waals surface area contributed by atoms with E-state index in [4.69, 9.17) is 10.5 Å². The first-order valence-corrected chi connectivity index (χ1v) is 5.55. The standard InChI is InChI=1S/C13H13N3O2/c14-13(17)12-11(5-3-8-16-12)18-9-6-10-4-1-2-7-15-10/h1-5,7-8H,6,9H2,(H2,14,17). The molecule has 2 rings (SSSR count). The van der Waals surface area contributed by atoms with Gasteiger partial charge in [0.2, 0.25) is 0 Å². The summed E-state index contributed by atoms with van der Waals surface area (Å²) in [4.78, 5) is 19.2. The van der Waals surface area contributed by atoms with Crippen molar-refractivity contribution >= 4 is 5.91 Å². The number of hydrogen-bond donors (Lipinski definition) is 1. The van der Waals surface area contributed by atoms with Gasteiger partial charge < -0.3 is 10.5 Å². The molecule has 0 saturated heterocycles. The van der Waals surface area contributed by atoms with Crippen molar-refractivity contribution in [2.45, 2.75) is 6.42 Å². The zero-order valence-electron chi connectivity index (χ0n) is 9.74. The molecule has 2 heterocycles. The molecular weight excluding hydrogens is 230 g/mol. The van der Waals surface area contributed by atoms with Crippen LogP contribution in [0.15, 0.2) is 42.7 Å². The first-order chi connectivity index (χ1) is 8.77. The second kappa shape index (κ2) is 5.77. The van der Waals surface area contributed by atoms with Crippen molar-refractivity contribution in [1.29, 1.82) is 0 Å². The molecule has 0 atom stereocenters. The van der Waals surface area contributed by atoms with Crippen LogP contribution in [0.3, 0.4) is 0 Å². The number of nitrogens with two attached hydrogens (primary N) is 1. The molecule has 18 heavy (non-hydrogen) atoms. The summed E-state index contributed by atoms with van der Waals surface area (Å²) < 4.78 is 5.50. The van der Waals surface area contributed by atoms with E-state index in [1.54, 1.807) is 18.3 Å². The van der Waals surface area contributed by atoms with E-state index in [9.17, 15) is 4.79 Å². The van der Waals surface area contributed by atoms with E-state index in [1.807, 2.05) is 18.2 Å². The molecule has 1 amide bonds. The first-order valence-electron chi connectivity index (χ1n) is 5.55. The van der Waals surface area contributed by atoms with E-state index in [1.165, 1.54) is 6.20 Å². The molecule has 0 aliphatic heterocycles. The Kier molecular flexibility index (Phi) is 3.86. The molecule has 0 aliphatic carbocycles. The van der Waals surface area contributed by atoms with Crippen LogP contribution in [0.25, 0.3) is 0 Å². The monoisotopic (exact) mass is 243 g/mol. The zero-order valence-corrected chi connectivity index (χ0v) is 9.74. The van der Waals surface area contributed by atoms with Crippen LogP contribution in [0.2, 0.25) is 0 Å². The van der Waals surface area contributed by atoms with Crippen molar-refractivity contribution in [3.63, 3.8) is 0 Å². The van der Waals surface area contributed by atoms with Gasteiger partial charge in [0.25, 0.3) is 5.91 Å². The molecule has 0 saturated carbocycles. The Morgan fingerprint density at radius 2 is 2.00 bits per heavy atom. The second-order valence-corrected chi connectivity index (χ2v) is 3.63. The maximum Gasteiger partial charge on any atom is 0.271 e. The minimum Gasteiger partial charge on any atom is -0.491 e. The van der Waals surface area contributed by atoms with Crippen LogP contribution in [0, 0.1) is 0 Å². The molecule has 2 aromatic rings. The molecule has 5 nitrogen and oxygen atoms in total. The van der Waals surface area contributed by atoms with Crippen molar-refractivity contribution in [3.05, 3.63) is 54.1 Å². The van der Waals surface area contributed by atoms with Gasteiger partial charge in [-0.25, -0.2) is 4.98 Å². The van der Waals surface area contributed by atoms with Crippen molar-refractivity contribution in [2.75, 3.05) is 6.61 Å². The van der Waals surface area contributed by atoms with Crippen LogP contribution in [0.4, 0.5) is 0 Å². The van der Waals surface area contributed by atoms with Gasteiger partial charge in [-0.05, 0) is 24.3 Å². The lowest BCUT2D eigenvalue weighted by atomic mass is 10.3. The molecule has 2 N–H and O–H groups in total. The number of pyridine rings is 2. The van der Waals surface area contributed by atoms with E-state index in [0.29, 0.717) is 18.8 Å². The van der Waals surface area contributed by atoms with Gasteiger partial charge in [-0.3, -0.25) is 9.78 Å². The van der Waals surface area contributed by atoms with Gasteiger partial charge >= 0.3 is 0 Å². The van der Waals surface area contributed by atoms with Gasteiger partial charge in [0, 0.05) is 24.5 Å². The molecule has 92 valence electrons.